The summed E-state index contributed by atoms with van der Waals surface area (Å²) in [4.78, 5) is 4.47. The van der Waals surface area contributed by atoms with Gasteiger partial charge in [0.05, 0.1) is 12.3 Å². The molecule has 1 aliphatic heterocycles. The summed E-state index contributed by atoms with van der Waals surface area (Å²) in [5.74, 6) is 0.902. The number of nitrogens with zero attached hydrogens (tertiary/aromatic N) is 3. The van der Waals surface area contributed by atoms with Gasteiger partial charge < -0.3 is 10.1 Å². The molecule has 3 rings (SSSR count). The first kappa shape index (κ1) is 11.5. The normalized spacial score (nSPS) is 20.1. The Morgan fingerprint density at radius 3 is 3.28 bits per heavy atom. The van der Waals surface area contributed by atoms with Crippen molar-refractivity contribution < 1.29 is 4.74 Å². The third-order valence-electron chi connectivity index (χ3n) is 3.30. The van der Waals surface area contributed by atoms with Crippen molar-refractivity contribution in [1.29, 1.82) is 0 Å². The zero-order valence-corrected chi connectivity index (χ0v) is 10.4. The SMILES string of the molecule is c1cc2nc(NCCC3CCCCO3)ccn2n1. The first-order chi connectivity index (χ1) is 8.92. The van der Waals surface area contributed by atoms with Crippen molar-refractivity contribution in [3.8, 4) is 0 Å². The summed E-state index contributed by atoms with van der Waals surface area (Å²) in [6.45, 7) is 1.83. The number of hydrogen-bond donors (Lipinski definition) is 1. The van der Waals surface area contributed by atoms with Gasteiger partial charge in [0.1, 0.15) is 5.82 Å². The van der Waals surface area contributed by atoms with E-state index in [-0.39, 0.29) is 0 Å². The Balaban J connectivity index is 1.52. The van der Waals surface area contributed by atoms with E-state index in [4.69, 9.17) is 4.74 Å². The van der Waals surface area contributed by atoms with Gasteiger partial charge >= 0.3 is 0 Å². The van der Waals surface area contributed by atoms with Gasteiger partial charge in [-0.3, -0.25) is 0 Å². The first-order valence-corrected chi connectivity index (χ1v) is 6.58. The first-order valence-electron chi connectivity index (χ1n) is 6.58. The fourth-order valence-corrected chi connectivity index (χ4v) is 2.31. The van der Waals surface area contributed by atoms with Crippen LogP contribution >= 0.6 is 0 Å². The molecule has 1 fully saturated rings. The molecular weight excluding hydrogens is 228 g/mol. The lowest BCUT2D eigenvalue weighted by atomic mass is 10.1. The molecule has 1 saturated heterocycles. The van der Waals surface area contributed by atoms with Crippen LogP contribution in [0.5, 0.6) is 0 Å². The number of rotatable bonds is 4. The average Bonchev–Trinajstić information content (AvgIpc) is 2.87. The Morgan fingerprint density at radius 2 is 2.39 bits per heavy atom. The Labute approximate surface area is 106 Å². The lowest BCUT2D eigenvalue weighted by Crippen LogP contribution is -2.22. The van der Waals surface area contributed by atoms with Gasteiger partial charge in [0.25, 0.3) is 0 Å². The van der Waals surface area contributed by atoms with Crippen LogP contribution in [0.3, 0.4) is 0 Å². The molecule has 0 aromatic carbocycles. The van der Waals surface area contributed by atoms with Crippen molar-refractivity contribution in [2.75, 3.05) is 18.5 Å². The molecular formula is C13H18N4O. The van der Waals surface area contributed by atoms with Crippen molar-refractivity contribution in [2.24, 2.45) is 0 Å². The largest absolute Gasteiger partial charge is 0.378 e. The molecule has 18 heavy (non-hydrogen) atoms. The van der Waals surface area contributed by atoms with Gasteiger partial charge in [-0.2, -0.15) is 5.10 Å². The highest BCUT2D eigenvalue weighted by Gasteiger charge is 2.12. The molecule has 3 heterocycles. The average molecular weight is 246 g/mol. The Morgan fingerprint density at radius 1 is 1.39 bits per heavy atom. The summed E-state index contributed by atoms with van der Waals surface area (Å²) >= 11 is 0. The number of anilines is 1. The van der Waals surface area contributed by atoms with E-state index in [0.717, 1.165) is 31.0 Å². The quantitative estimate of drug-likeness (QED) is 0.897. The Hall–Kier alpha value is -1.62. The summed E-state index contributed by atoms with van der Waals surface area (Å²) in [6.07, 6.45) is 8.84. The van der Waals surface area contributed by atoms with E-state index in [1.165, 1.54) is 19.3 Å². The van der Waals surface area contributed by atoms with E-state index in [1.807, 2.05) is 18.3 Å². The van der Waals surface area contributed by atoms with E-state index in [9.17, 15) is 0 Å². The zero-order chi connectivity index (χ0) is 12.2. The lowest BCUT2D eigenvalue weighted by Gasteiger charge is -2.22. The molecule has 0 aliphatic carbocycles. The van der Waals surface area contributed by atoms with Gasteiger partial charge in [0.15, 0.2) is 5.65 Å². The summed E-state index contributed by atoms with van der Waals surface area (Å²) in [6, 6.07) is 3.84. The van der Waals surface area contributed by atoms with Crippen LogP contribution < -0.4 is 5.32 Å². The van der Waals surface area contributed by atoms with Crippen LogP contribution in [-0.4, -0.2) is 33.9 Å². The molecule has 0 saturated carbocycles. The van der Waals surface area contributed by atoms with Crippen LogP contribution in [-0.2, 0) is 4.74 Å². The van der Waals surface area contributed by atoms with Crippen LogP contribution in [0.1, 0.15) is 25.7 Å². The molecule has 5 heteroatoms. The summed E-state index contributed by atoms with van der Waals surface area (Å²) < 4.78 is 7.46. The molecule has 1 aliphatic rings. The maximum Gasteiger partial charge on any atom is 0.157 e. The van der Waals surface area contributed by atoms with Crippen LogP contribution in [0.2, 0.25) is 0 Å². The van der Waals surface area contributed by atoms with Crippen molar-refractivity contribution >= 4 is 11.5 Å². The number of ether oxygens (including phenoxy) is 1. The molecule has 0 amide bonds. The predicted molar refractivity (Wildman–Crippen MR) is 69.7 cm³/mol. The van der Waals surface area contributed by atoms with Crippen molar-refractivity contribution in [2.45, 2.75) is 31.8 Å². The van der Waals surface area contributed by atoms with Gasteiger partial charge in [-0.25, -0.2) is 9.50 Å². The highest BCUT2D eigenvalue weighted by atomic mass is 16.5. The fourth-order valence-electron chi connectivity index (χ4n) is 2.31. The standard InChI is InChI=1S/C13H18N4O/c1-2-10-18-11(3-1)4-7-14-12-6-9-17-13(16-12)5-8-15-17/h5-6,8-9,11H,1-4,7,10H2,(H,14,16). The second-order valence-electron chi connectivity index (χ2n) is 4.65. The highest BCUT2D eigenvalue weighted by Crippen LogP contribution is 2.15. The minimum absolute atomic E-state index is 0.421. The van der Waals surface area contributed by atoms with Gasteiger partial charge in [-0.1, -0.05) is 0 Å². The van der Waals surface area contributed by atoms with E-state index in [2.05, 4.69) is 15.4 Å². The zero-order valence-electron chi connectivity index (χ0n) is 10.4. The van der Waals surface area contributed by atoms with Gasteiger partial charge in [-0.15, -0.1) is 0 Å². The van der Waals surface area contributed by atoms with Crippen LogP contribution in [0.15, 0.2) is 24.5 Å². The molecule has 0 spiro atoms. The van der Waals surface area contributed by atoms with E-state index in [1.54, 1.807) is 10.7 Å². The molecule has 0 radical (unpaired) electrons. The Bertz CT molecular complexity index is 504. The van der Waals surface area contributed by atoms with Gasteiger partial charge in [-0.05, 0) is 31.7 Å². The fraction of sp³-hybridized carbons (Fsp3) is 0.538. The molecule has 2 aromatic rings. The second kappa shape index (κ2) is 5.35. The molecule has 2 aromatic heterocycles. The Kier molecular flexibility index (Phi) is 3.41. The van der Waals surface area contributed by atoms with Crippen LogP contribution in [0.4, 0.5) is 5.82 Å². The number of aromatic nitrogens is 3. The van der Waals surface area contributed by atoms with Crippen molar-refractivity contribution in [1.82, 2.24) is 14.6 Å². The number of hydrogen-bond acceptors (Lipinski definition) is 4. The summed E-state index contributed by atoms with van der Waals surface area (Å²) in [5.41, 5.74) is 0.869. The molecule has 1 atom stereocenters. The molecule has 1 N–H and O–H groups in total. The monoisotopic (exact) mass is 246 g/mol. The third kappa shape index (κ3) is 2.61. The topological polar surface area (TPSA) is 51.5 Å². The van der Waals surface area contributed by atoms with Crippen LogP contribution in [0, 0.1) is 0 Å². The molecule has 1 unspecified atom stereocenters. The summed E-state index contributed by atoms with van der Waals surface area (Å²) in [7, 11) is 0. The van der Waals surface area contributed by atoms with Gasteiger partial charge in [0.2, 0.25) is 0 Å². The second-order valence-corrected chi connectivity index (χ2v) is 4.65. The highest BCUT2D eigenvalue weighted by molar-refractivity contribution is 5.45. The number of nitrogens with one attached hydrogen (secondary N) is 1. The minimum atomic E-state index is 0.421. The predicted octanol–water partition coefficient (Wildman–Crippen LogP) is 2.10. The smallest absolute Gasteiger partial charge is 0.157 e. The molecule has 96 valence electrons. The molecule has 0 bridgehead atoms. The minimum Gasteiger partial charge on any atom is -0.378 e. The lowest BCUT2D eigenvalue weighted by molar-refractivity contribution is 0.0134. The third-order valence-corrected chi connectivity index (χ3v) is 3.30. The summed E-state index contributed by atoms with van der Waals surface area (Å²) in [5, 5.41) is 7.46. The van der Waals surface area contributed by atoms with Crippen LogP contribution in [0.25, 0.3) is 5.65 Å². The molecule has 5 nitrogen and oxygen atoms in total. The maximum atomic E-state index is 5.70. The van der Waals surface area contributed by atoms with E-state index < -0.39 is 0 Å². The number of fused-ring (bicyclic) bond motifs is 1. The van der Waals surface area contributed by atoms with Crippen molar-refractivity contribution in [3.63, 3.8) is 0 Å². The van der Waals surface area contributed by atoms with Crippen molar-refractivity contribution in [3.05, 3.63) is 24.5 Å². The maximum absolute atomic E-state index is 5.70. The van der Waals surface area contributed by atoms with E-state index in [0.29, 0.717) is 6.10 Å². The van der Waals surface area contributed by atoms with Gasteiger partial charge in [0, 0.05) is 25.4 Å². The van der Waals surface area contributed by atoms with E-state index >= 15 is 0 Å².